The Labute approximate surface area is 207 Å². The third-order valence-corrected chi connectivity index (χ3v) is 6.68. The Bertz CT molecular complexity index is 1170. The molecule has 32 heavy (non-hydrogen) atoms. The zero-order valence-electron chi connectivity index (χ0n) is 17.0. The molecule has 0 saturated heterocycles. The number of nitrogens with two attached hydrogens (primary N) is 1. The highest BCUT2D eigenvalue weighted by Crippen LogP contribution is 2.28. The van der Waals surface area contributed by atoms with Gasteiger partial charge in [-0.3, -0.25) is 4.79 Å². The number of hydrogen-bond donors (Lipinski definition) is 2. The molecule has 0 fully saturated rings. The van der Waals surface area contributed by atoms with Gasteiger partial charge in [0.1, 0.15) is 0 Å². The Hall–Kier alpha value is -1.95. The number of carbonyl (C=O) groups excluding carboxylic acids is 1. The molecule has 0 aliphatic carbocycles. The minimum absolute atomic E-state index is 0.102. The van der Waals surface area contributed by atoms with Gasteiger partial charge in [-0.2, -0.15) is 0 Å². The van der Waals surface area contributed by atoms with Crippen molar-refractivity contribution in [3.05, 3.63) is 96.9 Å². The van der Waals surface area contributed by atoms with E-state index in [4.69, 9.17) is 52.1 Å². The lowest BCUT2D eigenvalue weighted by molar-refractivity contribution is -0.133. The van der Waals surface area contributed by atoms with Gasteiger partial charge in [0.2, 0.25) is 5.91 Å². The summed E-state index contributed by atoms with van der Waals surface area (Å²) in [7, 11) is 0. The molecule has 0 spiro atoms. The first-order chi connectivity index (χ1) is 15.3. The summed E-state index contributed by atoms with van der Waals surface area (Å²) in [6, 6.07) is 16.1. The van der Waals surface area contributed by atoms with E-state index in [1.807, 2.05) is 24.3 Å². The SMILES string of the molecule is NC(Cc1ccc(Cl)cc1Cl)C(=O)N1Cc2ccc(NCc3ccc(Cl)cc3Cl)cc2C1. The van der Waals surface area contributed by atoms with Crippen molar-refractivity contribution in [2.45, 2.75) is 32.1 Å². The Kier molecular flexibility index (Phi) is 7.18. The lowest BCUT2D eigenvalue weighted by Gasteiger charge is -2.20. The van der Waals surface area contributed by atoms with E-state index in [-0.39, 0.29) is 5.91 Å². The Morgan fingerprint density at radius 3 is 2.16 bits per heavy atom. The monoisotopic (exact) mass is 507 g/mol. The number of anilines is 1. The fraction of sp³-hybridized carbons (Fsp3) is 0.208. The van der Waals surface area contributed by atoms with Crippen LogP contribution in [0.5, 0.6) is 0 Å². The molecule has 1 amide bonds. The highest BCUT2D eigenvalue weighted by Gasteiger charge is 2.27. The van der Waals surface area contributed by atoms with Crippen LogP contribution >= 0.6 is 46.4 Å². The van der Waals surface area contributed by atoms with Crippen LogP contribution in [0.15, 0.2) is 54.6 Å². The molecule has 4 rings (SSSR count). The number of amides is 1. The van der Waals surface area contributed by atoms with Crippen LogP contribution in [0, 0.1) is 0 Å². The molecule has 1 unspecified atom stereocenters. The average molecular weight is 509 g/mol. The van der Waals surface area contributed by atoms with Crippen LogP contribution < -0.4 is 11.1 Å². The van der Waals surface area contributed by atoms with Gasteiger partial charge in [-0.05, 0) is 65.1 Å². The van der Waals surface area contributed by atoms with E-state index in [2.05, 4.69) is 11.4 Å². The lowest BCUT2D eigenvalue weighted by atomic mass is 10.1. The number of carbonyl (C=O) groups is 1. The Balaban J connectivity index is 1.38. The predicted molar refractivity (Wildman–Crippen MR) is 133 cm³/mol. The summed E-state index contributed by atoms with van der Waals surface area (Å²) in [6.45, 7) is 1.64. The van der Waals surface area contributed by atoms with Crippen molar-refractivity contribution in [2.75, 3.05) is 5.32 Å². The molecule has 166 valence electrons. The second kappa shape index (κ2) is 9.90. The minimum Gasteiger partial charge on any atom is -0.381 e. The summed E-state index contributed by atoms with van der Waals surface area (Å²) in [5, 5.41) is 5.68. The number of halogens is 4. The van der Waals surface area contributed by atoms with Gasteiger partial charge in [0, 0.05) is 45.4 Å². The molecule has 0 saturated carbocycles. The predicted octanol–water partition coefficient (Wildman–Crippen LogP) is 6.32. The van der Waals surface area contributed by atoms with E-state index < -0.39 is 6.04 Å². The zero-order valence-corrected chi connectivity index (χ0v) is 20.1. The maximum absolute atomic E-state index is 12.9. The first-order valence-corrected chi connectivity index (χ1v) is 11.6. The fourth-order valence-electron chi connectivity index (χ4n) is 3.77. The van der Waals surface area contributed by atoms with Gasteiger partial charge in [0.25, 0.3) is 0 Å². The largest absolute Gasteiger partial charge is 0.381 e. The number of hydrogen-bond acceptors (Lipinski definition) is 3. The van der Waals surface area contributed by atoms with Gasteiger partial charge in [-0.1, -0.05) is 64.6 Å². The standard InChI is InChI=1S/C24H21Cl4N3O/c25-18-4-1-14(21(27)9-18)8-23(29)24(32)31-12-16-3-6-20(7-17(16)13-31)30-11-15-2-5-19(26)10-22(15)28/h1-7,9-10,23,30H,8,11-13,29H2. The van der Waals surface area contributed by atoms with E-state index in [0.29, 0.717) is 46.1 Å². The molecule has 3 aromatic rings. The minimum atomic E-state index is -0.673. The normalized spacial score (nSPS) is 13.7. The van der Waals surface area contributed by atoms with Crippen LogP contribution in [-0.4, -0.2) is 16.8 Å². The van der Waals surface area contributed by atoms with Gasteiger partial charge in [0.15, 0.2) is 0 Å². The second-order valence-corrected chi connectivity index (χ2v) is 9.50. The second-order valence-electron chi connectivity index (χ2n) is 7.81. The van der Waals surface area contributed by atoms with Crippen molar-refractivity contribution < 1.29 is 4.79 Å². The molecule has 0 radical (unpaired) electrons. The van der Waals surface area contributed by atoms with Crippen molar-refractivity contribution in [1.29, 1.82) is 0 Å². The summed E-state index contributed by atoms with van der Waals surface area (Å²) in [4.78, 5) is 14.7. The average Bonchev–Trinajstić information content (AvgIpc) is 3.18. The van der Waals surface area contributed by atoms with Crippen LogP contribution in [0.25, 0.3) is 0 Å². The van der Waals surface area contributed by atoms with Gasteiger partial charge in [-0.15, -0.1) is 0 Å². The van der Waals surface area contributed by atoms with Crippen LogP contribution in [0.2, 0.25) is 20.1 Å². The van der Waals surface area contributed by atoms with Crippen molar-refractivity contribution in [3.8, 4) is 0 Å². The number of nitrogens with zero attached hydrogens (tertiary/aromatic N) is 1. The van der Waals surface area contributed by atoms with Crippen LogP contribution in [0.4, 0.5) is 5.69 Å². The molecule has 4 nitrogen and oxygen atoms in total. The Morgan fingerprint density at radius 1 is 0.875 bits per heavy atom. The molecule has 3 aromatic carbocycles. The molecular formula is C24H21Cl4N3O. The summed E-state index contributed by atoms with van der Waals surface area (Å²) >= 11 is 24.4. The lowest BCUT2D eigenvalue weighted by Crippen LogP contribution is -2.42. The van der Waals surface area contributed by atoms with Gasteiger partial charge >= 0.3 is 0 Å². The van der Waals surface area contributed by atoms with E-state index >= 15 is 0 Å². The summed E-state index contributed by atoms with van der Waals surface area (Å²) in [5.74, 6) is -0.102. The molecule has 0 aromatic heterocycles. The van der Waals surface area contributed by atoms with Crippen molar-refractivity contribution in [3.63, 3.8) is 0 Å². The van der Waals surface area contributed by atoms with E-state index in [9.17, 15) is 4.79 Å². The number of fused-ring (bicyclic) bond motifs is 1. The molecule has 1 atom stereocenters. The highest BCUT2D eigenvalue weighted by atomic mass is 35.5. The third kappa shape index (κ3) is 5.33. The number of rotatable bonds is 6. The zero-order chi connectivity index (χ0) is 22.8. The van der Waals surface area contributed by atoms with Crippen molar-refractivity contribution in [1.82, 2.24) is 4.90 Å². The first-order valence-electron chi connectivity index (χ1n) is 10.1. The third-order valence-electron chi connectivity index (χ3n) is 5.51. The summed E-state index contributed by atoms with van der Waals surface area (Å²) in [5.41, 5.74) is 11.2. The van der Waals surface area contributed by atoms with E-state index in [0.717, 1.165) is 27.9 Å². The molecule has 3 N–H and O–H groups in total. The van der Waals surface area contributed by atoms with E-state index in [1.165, 1.54) is 0 Å². The van der Waals surface area contributed by atoms with Crippen molar-refractivity contribution >= 4 is 58.0 Å². The highest BCUT2D eigenvalue weighted by molar-refractivity contribution is 6.35. The number of nitrogens with one attached hydrogen (secondary N) is 1. The smallest absolute Gasteiger partial charge is 0.240 e. The quantitative estimate of drug-likeness (QED) is 0.409. The topological polar surface area (TPSA) is 58.4 Å². The molecule has 1 heterocycles. The molecule has 1 aliphatic rings. The molecule has 0 bridgehead atoms. The molecule has 8 heteroatoms. The number of benzene rings is 3. The van der Waals surface area contributed by atoms with Gasteiger partial charge < -0.3 is 16.0 Å². The van der Waals surface area contributed by atoms with Gasteiger partial charge in [-0.25, -0.2) is 0 Å². The summed E-state index contributed by atoms with van der Waals surface area (Å²) < 4.78 is 0. The van der Waals surface area contributed by atoms with Gasteiger partial charge in [0.05, 0.1) is 6.04 Å². The van der Waals surface area contributed by atoms with Crippen LogP contribution in [0.3, 0.4) is 0 Å². The maximum Gasteiger partial charge on any atom is 0.240 e. The Morgan fingerprint density at radius 2 is 1.50 bits per heavy atom. The maximum atomic E-state index is 12.9. The van der Waals surface area contributed by atoms with E-state index in [1.54, 1.807) is 29.2 Å². The van der Waals surface area contributed by atoms with Crippen molar-refractivity contribution in [2.24, 2.45) is 5.73 Å². The fourth-order valence-corrected chi connectivity index (χ4v) is 4.73. The van der Waals surface area contributed by atoms with Crippen LogP contribution in [0.1, 0.15) is 22.3 Å². The first kappa shape index (κ1) is 23.2. The molecule has 1 aliphatic heterocycles. The van der Waals surface area contributed by atoms with Crippen LogP contribution in [-0.2, 0) is 30.8 Å². The summed E-state index contributed by atoms with van der Waals surface area (Å²) in [6.07, 6.45) is 0.357. The molecular weight excluding hydrogens is 488 g/mol.